The van der Waals surface area contributed by atoms with Crippen LogP contribution in [0.5, 0.6) is 0 Å². The van der Waals surface area contributed by atoms with Crippen LogP contribution in [0, 0.1) is 0 Å². The van der Waals surface area contributed by atoms with Gasteiger partial charge in [-0.3, -0.25) is 4.79 Å². The molecule has 3 aromatic rings. The largest absolute Gasteiger partial charge is 0.307 e. The van der Waals surface area contributed by atoms with Crippen molar-refractivity contribution >= 4 is 32.7 Å². The Morgan fingerprint density at radius 3 is 2.44 bits per heavy atom. The molecule has 0 fully saturated rings. The van der Waals surface area contributed by atoms with Crippen LogP contribution in [-0.4, -0.2) is 25.9 Å². The molecule has 0 aliphatic heterocycles. The molecule has 6 nitrogen and oxygen atoms in total. The number of para-hydroxylation sites is 1. The second-order valence-corrected chi connectivity index (χ2v) is 7.14. The number of rotatable bonds is 5. The van der Waals surface area contributed by atoms with Gasteiger partial charge >= 0.3 is 0 Å². The summed E-state index contributed by atoms with van der Waals surface area (Å²) in [7, 11) is -3.53. The number of carbonyl (C=O) groups excluding carboxylic acids is 1. The van der Waals surface area contributed by atoms with Crippen molar-refractivity contribution in [1.82, 2.24) is 9.71 Å². The molecule has 25 heavy (non-hydrogen) atoms. The van der Waals surface area contributed by atoms with E-state index in [1.807, 2.05) is 30.3 Å². The maximum absolute atomic E-state index is 12.3. The molecular formula is C18H17N3O3S. The minimum absolute atomic E-state index is 0.120. The minimum atomic E-state index is -3.53. The molecule has 128 valence electrons. The van der Waals surface area contributed by atoms with Gasteiger partial charge in [-0.25, -0.2) is 18.1 Å². The summed E-state index contributed by atoms with van der Waals surface area (Å²) in [6.07, 6.45) is 0. The Bertz CT molecular complexity index is 1020. The normalized spacial score (nSPS) is 11.4. The average Bonchev–Trinajstić information content (AvgIpc) is 2.61. The number of benzene rings is 2. The van der Waals surface area contributed by atoms with Crippen LogP contribution in [-0.2, 0) is 10.0 Å². The number of pyridine rings is 1. The van der Waals surface area contributed by atoms with Crippen molar-refractivity contribution < 1.29 is 13.2 Å². The highest BCUT2D eigenvalue weighted by Crippen LogP contribution is 2.16. The van der Waals surface area contributed by atoms with Crippen molar-refractivity contribution in [3.8, 4) is 0 Å². The van der Waals surface area contributed by atoms with Crippen molar-refractivity contribution in [2.45, 2.75) is 11.8 Å². The van der Waals surface area contributed by atoms with Crippen molar-refractivity contribution in [1.29, 1.82) is 0 Å². The smallest absolute Gasteiger partial charge is 0.256 e. The number of aromatic nitrogens is 1. The van der Waals surface area contributed by atoms with E-state index in [0.717, 1.165) is 10.9 Å². The predicted molar refractivity (Wildman–Crippen MR) is 97.0 cm³/mol. The minimum Gasteiger partial charge on any atom is -0.307 e. The lowest BCUT2D eigenvalue weighted by Crippen LogP contribution is -2.23. The lowest BCUT2D eigenvalue weighted by Gasteiger charge is -2.07. The van der Waals surface area contributed by atoms with Gasteiger partial charge in [0.05, 0.1) is 10.4 Å². The molecule has 2 aromatic carbocycles. The predicted octanol–water partition coefficient (Wildman–Crippen LogP) is 2.79. The van der Waals surface area contributed by atoms with E-state index >= 15 is 0 Å². The van der Waals surface area contributed by atoms with Crippen LogP contribution in [0.1, 0.15) is 17.3 Å². The first-order valence-corrected chi connectivity index (χ1v) is 9.25. The van der Waals surface area contributed by atoms with Crippen LogP contribution in [0.15, 0.2) is 65.6 Å². The van der Waals surface area contributed by atoms with E-state index in [-0.39, 0.29) is 10.8 Å². The number of carbonyl (C=O) groups is 1. The standard InChI is InChI=1S/C18H17N3O3S/c1-2-19-25(23,24)15-10-7-14(8-11-15)18(22)21-17-12-9-13-5-3-4-6-16(13)20-17/h3-12,19H,2H2,1H3,(H,20,21,22). The van der Waals surface area contributed by atoms with Crippen molar-refractivity contribution in [2.75, 3.05) is 11.9 Å². The van der Waals surface area contributed by atoms with Crippen molar-refractivity contribution in [3.05, 3.63) is 66.2 Å². The van der Waals surface area contributed by atoms with E-state index in [1.54, 1.807) is 13.0 Å². The van der Waals surface area contributed by atoms with Crippen LogP contribution < -0.4 is 10.0 Å². The Balaban J connectivity index is 1.78. The van der Waals surface area contributed by atoms with Gasteiger partial charge in [-0.15, -0.1) is 0 Å². The molecule has 1 amide bonds. The molecule has 0 aliphatic carbocycles. The first-order chi connectivity index (χ1) is 12.0. The summed E-state index contributed by atoms with van der Waals surface area (Å²) in [5.74, 6) is 0.0863. The number of hydrogen-bond donors (Lipinski definition) is 2. The molecular weight excluding hydrogens is 338 g/mol. The highest BCUT2D eigenvalue weighted by Gasteiger charge is 2.14. The van der Waals surface area contributed by atoms with E-state index in [2.05, 4.69) is 15.0 Å². The highest BCUT2D eigenvalue weighted by molar-refractivity contribution is 7.89. The van der Waals surface area contributed by atoms with Gasteiger partial charge in [-0.2, -0.15) is 0 Å². The number of amides is 1. The highest BCUT2D eigenvalue weighted by atomic mass is 32.2. The number of hydrogen-bond acceptors (Lipinski definition) is 4. The number of nitrogens with one attached hydrogen (secondary N) is 2. The van der Waals surface area contributed by atoms with Crippen LogP contribution in [0.4, 0.5) is 5.82 Å². The fourth-order valence-electron chi connectivity index (χ4n) is 2.38. The first-order valence-electron chi connectivity index (χ1n) is 7.76. The molecule has 1 aromatic heterocycles. The number of sulfonamides is 1. The Morgan fingerprint density at radius 2 is 1.72 bits per heavy atom. The van der Waals surface area contributed by atoms with Gasteiger partial charge in [0.1, 0.15) is 5.82 Å². The summed E-state index contributed by atoms with van der Waals surface area (Å²) < 4.78 is 26.2. The van der Waals surface area contributed by atoms with Gasteiger partial charge in [0.2, 0.25) is 10.0 Å². The van der Waals surface area contributed by atoms with Crippen LogP contribution in [0.3, 0.4) is 0 Å². The lowest BCUT2D eigenvalue weighted by atomic mass is 10.2. The maximum Gasteiger partial charge on any atom is 0.256 e. The summed E-state index contributed by atoms with van der Waals surface area (Å²) in [6.45, 7) is 2.01. The van der Waals surface area contributed by atoms with Gasteiger partial charge in [-0.1, -0.05) is 25.1 Å². The molecule has 0 atom stereocenters. The van der Waals surface area contributed by atoms with E-state index in [9.17, 15) is 13.2 Å². The molecule has 0 aliphatic rings. The Morgan fingerprint density at radius 1 is 1.00 bits per heavy atom. The molecule has 0 spiro atoms. The third-order valence-electron chi connectivity index (χ3n) is 3.60. The summed E-state index contributed by atoms with van der Waals surface area (Å²) in [5.41, 5.74) is 1.14. The summed E-state index contributed by atoms with van der Waals surface area (Å²) in [6, 6.07) is 17.0. The molecule has 0 bridgehead atoms. The van der Waals surface area contributed by atoms with Crippen molar-refractivity contribution in [3.63, 3.8) is 0 Å². The number of fused-ring (bicyclic) bond motifs is 1. The SMILES string of the molecule is CCNS(=O)(=O)c1ccc(C(=O)Nc2ccc3ccccc3n2)cc1. The fraction of sp³-hybridized carbons (Fsp3) is 0.111. The maximum atomic E-state index is 12.3. The van der Waals surface area contributed by atoms with Gasteiger partial charge < -0.3 is 5.32 Å². The van der Waals surface area contributed by atoms with Crippen LogP contribution in [0.25, 0.3) is 10.9 Å². The van der Waals surface area contributed by atoms with Crippen LogP contribution in [0.2, 0.25) is 0 Å². The van der Waals surface area contributed by atoms with Crippen LogP contribution >= 0.6 is 0 Å². The van der Waals surface area contributed by atoms with Gasteiger partial charge in [0, 0.05) is 17.5 Å². The van der Waals surface area contributed by atoms with Crippen molar-refractivity contribution in [2.24, 2.45) is 0 Å². The average molecular weight is 355 g/mol. The third kappa shape index (κ3) is 3.84. The molecule has 0 radical (unpaired) electrons. The second kappa shape index (κ2) is 7.00. The molecule has 1 heterocycles. The lowest BCUT2D eigenvalue weighted by molar-refractivity contribution is 0.102. The molecule has 3 rings (SSSR count). The topological polar surface area (TPSA) is 88.2 Å². The van der Waals surface area contributed by atoms with Gasteiger partial charge in [0.25, 0.3) is 5.91 Å². The molecule has 7 heteroatoms. The third-order valence-corrected chi connectivity index (χ3v) is 5.16. The zero-order valence-electron chi connectivity index (χ0n) is 13.6. The van der Waals surface area contributed by atoms with Gasteiger partial charge in [0.15, 0.2) is 0 Å². The molecule has 0 saturated heterocycles. The first kappa shape index (κ1) is 17.1. The Labute approximate surface area is 146 Å². The van der Waals surface area contributed by atoms with Gasteiger partial charge in [-0.05, 0) is 42.5 Å². The van der Waals surface area contributed by atoms with E-state index in [0.29, 0.717) is 17.9 Å². The monoisotopic (exact) mass is 355 g/mol. The Hall–Kier alpha value is -2.77. The van der Waals surface area contributed by atoms with E-state index < -0.39 is 10.0 Å². The number of nitrogens with zero attached hydrogens (tertiary/aromatic N) is 1. The summed E-state index contributed by atoms with van der Waals surface area (Å²) in [5, 5.41) is 3.70. The Kier molecular flexibility index (Phi) is 4.78. The summed E-state index contributed by atoms with van der Waals surface area (Å²) >= 11 is 0. The zero-order chi connectivity index (χ0) is 17.9. The zero-order valence-corrected chi connectivity index (χ0v) is 14.4. The fourth-order valence-corrected chi connectivity index (χ4v) is 3.42. The quantitative estimate of drug-likeness (QED) is 0.737. The molecule has 2 N–H and O–H groups in total. The molecule has 0 unspecified atom stereocenters. The second-order valence-electron chi connectivity index (χ2n) is 5.37. The summed E-state index contributed by atoms with van der Waals surface area (Å²) in [4.78, 5) is 16.8. The van der Waals surface area contributed by atoms with E-state index in [4.69, 9.17) is 0 Å². The molecule has 0 saturated carbocycles. The number of anilines is 1. The van der Waals surface area contributed by atoms with E-state index in [1.165, 1.54) is 24.3 Å².